The normalized spacial score (nSPS) is 16.9. The summed E-state index contributed by atoms with van der Waals surface area (Å²) in [6.45, 7) is 4.63. The molecule has 0 aromatic carbocycles. The van der Waals surface area contributed by atoms with E-state index in [4.69, 9.17) is 0 Å². The van der Waals surface area contributed by atoms with Gasteiger partial charge in [0.05, 0.1) is 42.8 Å². The molecule has 1 fully saturated rings. The molecule has 1 N–H and O–H groups in total. The van der Waals surface area contributed by atoms with E-state index in [1.165, 1.54) is 11.8 Å². The van der Waals surface area contributed by atoms with Crippen molar-refractivity contribution >= 4 is 23.2 Å². The second-order valence-corrected chi connectivity index (χ2v) is 7.65. The van der Waals surface area contributed by atoms with Crippen molar-refractivity contribution in [2.45, 2.75) is 45.7 Å². The Bertz CT molecular complexity index is 774. The molecule has 1 unspecified atom stereocenters. The molecule has 0 radical (unpaired) electrons. The third-order valence-electron chi connectivity index (χ3n) is 4.26. The van der Waals surface area contributed by atoms with Crippen LogP contribution in [-0.2, 0) is 22.6 Å². The monoisotopic (exact) mass is 358 g/mol. The van der Waals surface area contributed by atoms with Gasteiger partial charge in [0.15, 0.2) is 0 Å². The molecule has 3 rings (SSSR count). The highest BCUT2D eigenvalue weighted by Gasteiger charge is 2.31. The zero-order valence-corrected chi connectivity index (χ0v) is 15.3. The van der Waals surface area contributed by atoms with Gasteiger partial charge in [0.1, 0.15) is 0 Å². The van der Waals surface area contributed by atoms with Gasteiger partial charge >= 0.3 is 0 Å². The molecule has 1 aliphatic rings. The number of carbonyl (C=O) groups excluding carboxylic acids is 2. The highest BCUT2D eigenvalue weighted by atomic mass is 32.1. The van der Waals surface area contributed by atoms with Crippen LogP contribution in [0.3, 0.4) is 0 Å². The fourth-order valence-electron chi connectivity index (χ4n) is 3.09. The second kappa shape index (κ2) is 7.74. The van der Waals surface area contributed by atoms with E-state index in [1.807, 2.05) is 24.0 Å². The first kappa shape index (κ1) is 17.5. The molecular formula is C18H22N4O2S. The van der Waals surface area contributed by atoms with Crippen molar-refractivity contribution in [2.24, 2.45) is 0 Å². The number of carbonyl (C=O) groups is 2. The fraction of sp³-hybridized carbons (Fsp3) is 0.444. The van der Waals surface area contributed by atoms with Gasteiger partial charge in [0, 0.05) is 23.2 Å². The molecule has 2 amide bonds. The third kappa shape index (κ3) is 4.42. The summed E-state index contributed by atoms with van der Waals surface area (Å²) in [5, 5.41) is 2.73. The number of hydrogen-bond donors (Lipinski definition) is 1. The minimum absolute atomic E-state index is 0.0293. The molecule has 0 bridgehead atoms. The number of amides is 2. The largest absolute Gasteiger partial charge is 0.351 e. The number of likely N-dealkylation sites (tertiary alicyclic amines) is 1. The van der Waals surface area contributed by atoms with Crippen molar-refractivity contribution in [3.8, 4) is 0 Å². The van der Waals surface area contributed by atoms with Gasteiger partial charge in [-0.25, -0.2) is 0 Å². The summed E-state index contributed by atoms with van der Waals surface area (Å²) in [5.41, 5.74) is 1.51. The van der Waals surface area contributed by atoms with E-state index in [0.717, 1.165) is 30.0 Å². The fourth-order valence-corrected chi connectivity index (χ4v) is 3.97. The lowest BCUT2D eigenvalue weighted by atomic mass is 10.1. The van der Waals surface area contributed by atoms with E-state index in [-0.39, 0.29) is 17.9 Å². The minimum Gasteiger partial charge on any atom is -0.351 e. The molecule has 6 nitrogen and oxygen atoms in total. The quantitative estimate of drug-likeness (QED) is 0.890. The Morgan fingerprint density at radius 2 is 2.20 bits per heavy atom. The van der Waals surface area contributed by atoms with Gasteiger partial charge in [-0.3, -0.25) is 19.6 Å². The van der Waals surface area contributed by atoms with E-state index >= 15 is 0 Å². The summed E-state index contributed by atoms with van der Waals surface area (Å²) in [6.07, 6.45) is 5.68. The molecule has 0 spiro atoms. The molecule has 25 heavy (non-hydrogen) atoms. The Balaban J connectivity index is 1.71. The van der Waals surface area contributed by atoms with Gasteiger partial charge in [0.2, 0.25) is 11.8 Å². The van der Waals surface area contributed by atoms with Crippen LogP contribution >= 0.6 is 11.3 Å². The summed E-state index contributed by atoms with van der Waals surface area (Å²) in [4.78, 5) is 36.9. The zero-order chi connectivity index (χ0) is 17.8. The lowest BCUT2D eigenvalue weighted by molar-refractivity contribution is -0.131. The van der Waals surface area contributed by atoms with Crippen molar-refractivity contribution in [2.75, 3.05) is 6.54 Å². The summed E-state index contributed by atoms with van der Waals surface area (Å²) >= 11 is 1.67. The van der Waals surface area contributed by atoms with Crippen LogP contribution in [0.4, 0.5) is 0 Å². The number of thiophene rings is 1. The average molecular weight is 358 g/mol. The predicted octanol–water partition coefficient (Wildman–Crippen LogP) is 2.39. The van der Waals surface area contributed by atoms with E-state index in [1.54, 1.807) is 23.7 Å². The summed E-state index contributed by atoms with van der Waals surface area (Å²) in [6, 6.07) is 4.04. The van der Waals surface area contributed by atoms with E-state index in [2.05, 4.69) is 15.3 Å². The molecule has 2 aromatic heterocycles. The van der Waals surface area contributed by atoms with Gasteiger partial charge in [-0.2, -0.15) is 0 Å². The molecule has 1 aliphatic heterocycles. The highest BCUT2D eigenvalue weighted by Crippen LogP contribution is 2.31. The summed E-state index contributed by atoms with van der Waals surface area (Å²) in [5.74, 6) is 0.0366. The Morgan fingerprint density at radius 1 is 1.36 bits per heavy atom. The first-order chi connectivity index (χ1) is 12.0. The SMILES string of the molecule is CC(=O)NCc1cncc(C2CCCN2C(=O)Cc2ccc(C)s2)n1. The molecule has 3 heterocycles. The molecule has 7 heteroatoms. The first-order valence-corrected chi connectivity index (χ1v) is 9.24. The number of aryl methyl sites for hydroxylation is 1. The highest BCUT2D eigenvalue weighted by molar-refractivity contribution is 7.12. The number of hydrogen-bond acceptors (Lipinski definition) is 5. The second-order valence-electron chi connectivity index (χ2n) is 6.28. The molecule has 2 aromatic rings. The molecule has 132 valence electrons. The maximum absolute atomic E-state index is 12.7. The third-order valence-corrected chi connectivity index (χ3v) is 5.26. The van der Waals surface area contributed by atoms with Crippen LogP contribution in [0.2, 0.25) is 0 Å². The van der Waals surface area contributed by atoms with Gasteiger partial charge < -0.3 is 10.2 Å². The lowest BCUT2D eigenvalue weighted by Gasteiger charge is -2.24. The number of rotatable bonds is 5. The zero-order valence-electron chi connectivity index (χ0n) is 14.5. The maximum atomic E-state index is 12.7. The Labute approximate surface area is 151 Å². The molecule has 0 aliphatic carbocycles. The van der Waals surface area contributed by atoms with Crippen molar-refractivity contribution in [1.82, 2.24) is 20.2 Å². The van der Waals surface area contributed by atoms with Crippen LogP contribution in [0.5, 0.6) is 0 Å². The van der Waals surface area contributed by atoms with Gasteiger partial charge in [-0.05, 0) is 31.9 Å². The van der Waals surface area contributed by atoms with Crippen molar-refractivity contribution in [3.05, 3.63) is 45.7 Å². The standard InChI is InChI=1S/C18H22N4O2S/c1-12-5-6-15(25-12)8-18(24)22-7-3-4-17(22)16-11-19-9-14(21-16)10-20-13(2)23/h5-6,9,11,17H,3-4,7-8,10H2,1-2H3,(H,20,23). The summed E-state index contributed by atoms with van der Waals surface area (Å²) < 4.78 is 0. The lowest BCUT2D eigenvalue weighted by Crippen LogP contribution is -2.32. The van der Waals surface area contributed by atoms with Gasteiger partial charge in [-0.15, -0.1) is 11.3 Å². The number of nitrogens with one attached hydrogen (secondary N) is 1. The first-order valence-electron chi connectivity index (χ1n) is 8.43. The number of aromatic nitrogens is 2. The van der Waals surface area contributed by atoms with E-state index < -0.39 is 0 Å². The van der Waals surface area contributed by atoms with Crippen LogP contribution in [0.15, 0.2) is 24.5 Å². The van der Waals surface area contributed by atoms with Crippen LogP contribution in [-0.4, -0.2) is 33.2 Å². The summed E-state index contributed by atoms with van der Waals surface area (Å²) in [7, 11) is 0. The molecular weight excluding hydrogens is 336 g/mol. The Kier molecular flexibility index (Phi) is 5.43. The molecule has 1 atom stereocenters. The van der Waals surface area contributed by atoms with Gasteiger partial charge in [-0.1, -0.05) is 0 Å². The van der Waals surface area contributed by atoms with Crippen LogP contribution in [0.1, 0.15) is 46.9 Å². The van der Waals surface area contributed by atoms with Gasteiger partial charge in [0.25, 0.3) is 0 Å². The van der Waals surface area contributed by atoms with Crippen molar-refractivity contribution in [3.63, 3.8) is 0 Å². The minimum atomic E-state index is -0.101. The molecule has 1 saturated heterocycles. The average Bonchev–Trinajstić information content (AvgIpc) is 3.22. The van der Waals surface area contributed by atoms with Crippen LogP contribution in [0.25, 0.3) is 0 Å². The Hall–Kier alpha value is -2.28. The smallest absolute Gasteiger partial charge is 0.228 e. The topological polar surface area (TPSA) is 75.2 Å². The van der Waals surface area contributed by atoms with Crippen molar-refractivity contribution < 1.29 is 9.59 Å². The molecule has 0 saturated carbocycles. The number of nitrogens with zero attached hydrogens (tertiary/aromatic N) is 3. The maximum Gasteiger partial charge on any atom is 0.228 e. The van der Waals surface area contributed by atoms with E-state index in [0.29, 0.717) is 18.7 Å². The predicted molar refractivity (Wildman–Crippen MR) is 96.0 cm³/mol. The van der Waals surface area contributed by atoms with Crippen LogP contribution < -0.4 is 5.32 Å². The Morgan fingerprint density at radius 3 is 2.92 bits per heavy atom. The van der Waals surface area contributed by atoms with Crippen molar-refractivity contribution in [1.29, 1.82) is 0 Å². The van der Waals surface area contributed by atoms with Crippen LogP contribution in [0, 0.1) is 6.92 Å². The van der Waals surface area contributed by atoms with E-state index in [9.17, 15) is 9.59 Å².